The number of anilines is 1. The van der Waals surface area contributed by atoms with E-state index in [1.54, 1.807) is 17.7 Å². The highest BCUT2D eigenvalue weighted by atomic mass is 79.9. The molecule has 0 aliphatic carbocycles. The Morgan fingerprint density at radius 2 is 1.83 bits per heavy atom. The second-order valence-corrected chi connectivity index (χ2v) is 9.55. The lowest BCUT2D eigenvalue weighted by atomic mass is 10.1. The number of nitrogens with zero attached hydrogens (tertiary/aromatic N) is 4. The summed E-state index contributed by atoms with van der Waals surface area (Å²) in [6.07, 6.45) is 1.67. The molecule has 0 spiro atoms. The van der Waals surface area contributed by atoms with Gasteiger partial charge in [0.2, 0.25) is 0 Å². The van der Waals surface area contributed by atoms with E-state index < -0.39 is 0 Å². The van der Waals surface area contributed by atoms with Crippen LogP contribution in [0.15, 0.2) is 40.4 Å². The Bertz CT molecular complexity index is 934. The summed E-state index contributed by atoms with van der Waals surface area (Å²) < 4.78 is 1.09. The second kappa shape index (κ2) is 9.51. The van der Waals surface area contributed by atoms with Gasteiger partial charge in [-0.3, -0.25) is 0 Å². The van der Waals surface area contributed by atoms with Crippen LogP contribution in [-0.4, -0.2) is 65.6 Å². The van der Waals surface area contributed by atoms with Crippen LogP contribution in [0, 0.1) is 5.92 Å². The largest absolute Gasteiger partial charge is 0.369 e. The van der Waals surface area contributed by atoms with Crippen molar-refractivity contribution in [3.63, 3.8) is 0 Å². The van der Waals surface area contributed by atoms with Crippen LogP contribution in [-0.2, 0) is 0 Å². The Labute approximate surface area is 185 Å². The molecule has 154 valence electrons. The molecule has 2 aromatic heterocycles. The smallest absolute Gasteiger partial charge is 0.138 e. The zero-order chi connectivity index (χ0) is 20.2. The molecular formula is C22H28BrN5S. The monoisotopic (exact) mass is 473 g/mol. The fourth-order valence-electron chi connectivity index (χ4n) is 3.92. The zero-order valence-corrected chi connectivity index (χ0v) is 19.5. The van der Waals surface area contributed by atoms with Crippen LogP contribution in [0.3, 0.4) is 0 Å². The average molecular weight is 474 g/mol. The SMILES string of the molecule is CCN1CCN(CC(C)CNc2ncnc3scc(-c4ccc(Br)cc4)c23)CC1. The Hall–Kier alpha value is -1.54. The summed E-state index contributed by atoms with van der Waals surface area (Å²) >= 11 is 5.20. The first kappa shape index (κ1) is 20.7. The van der Waals surface area contributed by atoms with Gasteiger partial charge < -0.3 is 15.1 Å². The van der Waals surface area contributed by atoms with Crippen LogP contribution in [0.25, 0.3) is 21.3 Å². The quantitative estimate of drug-likeness (QED) is 0.533. The van der Waals surface area contributed by atoms with Crippen molar-refractivity contribution >= 4 is 43.3 Å². The molecule has 1 unspecified atom stereocenters. The van der Waals surface area contributed by atoms with Crippen molar-refractivity contribution in [1.82, 2.24) is 19.8 Å². The van der Waals surface area contributed by atoms with E-state index in [0.29, 0.717) is 5.92 Å². The van der Waals surface area contributed by atoms with Crippen molar-refractivity contribution in [2.24, 2.45) is 5.92 Å². The maximum Gasteiger partial charge on any atom is 0.138 e. The van der Waals surface area contributed by atoms with Crippen LogP contribution in [0.2, 0.25) is 0 Å². The fourth-order valence-corrected chi connectivity index (χ4v) is 5.10. The van der Waals surface area contributed by atoms with E-state index in [1.807, 2.05) is 0 Å². The molecule has 29 heavy (non-hydrogen) atoms. The van der Waals surface area contributed by atoms with Crippen molar-refractivity contribution in [3.8, 4) is 11.1 Å². The third kappa shape index (κ3) is 4.97. The molecule has 3 aromatic rings. The lowest BCUT2D eigenvalue weighted by Gasteiger charge is -2.35. The Morgan fingerprint density at radius 3 is 2.55 bits per heavy atom. The van der Waals surface area contributed by atoms with Crippen molar-refractivity contribution in [1.29, 1.82) is 0 Å². The van der Waals surface area contributed by atoms with Gasteiger partial charge in [0.05, 0.1) is 5.39 Å². The summed E-state index contributed by atoms with van der Waals surface area (Å²) in [5, 5.41) is 6.93. The van der Waals surface area contributed by atoms with Gasteiger partial charge in [-0.1, -0.05) is 41.9 Å². The van der Waals surface area contributed by atoms with Gasteiger partial charge in [-0.05, 0) is 30.2 Å². The highest BCUT2D eigenvalue weighted by Gasteiger charge is 2.18. The van der Waals surface area contributed by atoms with Gasteiger partial charge in [0.25, 0.3) is 0 Å². The molecule has 0 bridgehead atoms. The summed E-state index contributed by atoms with van der Waals surface area (Å²) in [5.74, 6) is 1.50. The third-order valence-electron chi connectivity index (χ3n) is 5.63. The summed E-state index contributed by atoms with van der Waals surface area (Å²) in [7, 11) is 0. The van der Waals surface area contributed by atoms with E-state index in [-0.39, 0.29) is 0 Å². The number of rotatable bonds is 7. The summed E-state index contributed by atoms with van der Waals surface area (Å²) in [6, 6.07) is 8.44. The first-order chi connectivity index (χ1) is 14.1. The molecule has 1 aromatic carbocycles. The number of aromatic nitrogens is 2. The molecule has 7 heteroatoms. The molecule has 1 saturated heterocycles. The molecule has 1 N–H and O–H groups in total. The standard InChI is InChI=1S/C22H28BrN5S/c1-3-27-8-10-28(11-9-27)13-16(2)12-24-21-20-19(14-29-22(20)26-15-25-21)17-4-6-18(23)7-5-17/h4-7,14-16H,3,8-13H2,1-2H3,(H,24,25,26). The molecule has 0 radical (unpaired) electrons. The highest BCUT2D eigenvalue weighted by molar-refractivity contribution is 9.10. The number of fused-ring (bicyclic) bond motifs is 1. The van der Waals surface area contributed by atoms with Crippen molar-refractivity contribution in [2.45, 2.75) is 13.8 Å². The molecule has 1 atom stereocenters. The number of hydrogen-bond donors (Lipinski definition) is 1. The number of thiophene rings is 1. The van der Waals surface area contributed by atoms with Crippen molar-refractivity contribution < 1.29 is 0 Å². The summed E-state index contributed by atoms with van der Waals surface area (Å²) in [4.78, 5) is 15.2. The first-order valence-electron chi connectivity index (χ1n) is 10.3. The molecule has 1 aliphatic heterocycles. The topological polar surface area (TPSA) is 44.3 Å². The van der Waals surface area contributed by atoms with E-state index in [9.17, 15) is 0 Å². The Morgan fingerprint density at radius 1 is 1.10 bits per heavy atom. The normalized spacial score (nSPS) is 16.9. The minimum atomic E-state index is 0.558. The van der Waals surface area contributed by atoms with Crippen molar-refractivity contribution in [2.75, 3.05) is 51.1 Å². The second-order valence-electron chi connectivity index (χ2n) is 7.78. The number of halogens is 1. The first-order valence-corrected chi connectivity index (χ1v) is 12.0. The average Bonchev–Trinajstić information content (AvgIpc) is 3.18. The highest BCUT2D eigenvalue weighted by Crippen LogP contribution is 2.36. The van der Waals surface area contributed by atoms with Crippen LogP contribution in [0.1, 0.15) is 13.8 Å². The van der Waals surface area contributed by atoms with Gasteiger partial charge in [-0.15, -0.1) is 11.3 Å². The number of piperazine rings is 1. The van der Waals surface area contributed by atoms with Gasteiger partial charge >= 0.3 is 0 Å². The number of hydrogen-bond acceptors (Lipinski definition) is 6. The van der Waals surface area contributed by atoms with E-state index in [1.165, 1.54) is 37.3 Å². The maximum atomic E-state index is 4.58. The van der Waals surface area contributed by atoms with Crippen molar-refractivity contribution in [3.05, 3.63) is 40.4 Å². The van der Waals surface area contributed by atoms with Gasteiger partial charge in [0.1, 0.15) is 17.0 Å². The van der Waals surface area contributed by atoms with Crippen LogP contribution >= 0.6 is 27.3 Å². The number of nitrogens with one attached hydrogen (secondary N) is 1. The molecule has 3 heterocycles. The number of benzene rings is 1. The lowest BCUT2D eigenvalue weighted by molar-refractivity contribution is 0.126. The molecule has 0 amide bonds. The molecular weight excluding hydrogens is 446 g/mol. The van der Waals surface area contributed by atoms with Gasteiger partial charge in [0, 0.05) is 54.7 Å². The Kier molecular flexibility index (Phi) is 6.80. The van der Waals surface area contributed by atoms with E-state index in [4.69, 9.17) is 0 Å². The number of likely N-dealkylation sites (N-methyl/N-ethyl adjacent to an activating group) is 1. The van der Waals surface area contributed by atoms with Crippen LogP contribution in [0.5, 0.6) is 0 Å². The van der Waals surface area contributed by atoms with Gasteiger partial charge in [0.15, 0.2) is 0 Å². The molecule has 1 fully saturated rings. The summed E-state index contributed by atoms with van der Waals surface area (Å²) in [6.45, 7) is 12.5. The minimum Gasteiger partial charge on any atom is -0.369 e. The van der Waals surface area contributed by atoms with Gasteiger partial charge in [-0.25, -0.2) is 9.97 Å². The minimum absolute atomic E-state index is 0.558. The zero-order valence-electron chi connectivity index (χ0n) is 17.1. The third-order valence-corrected chi connectivity index (χ3v) is 7.04. The van der Waals surface area contributed by atoms with Gasteiger partial charge in [-0.2, -0.15) is 0 Å². The lowest BCUT2D eigenvalue weighted by Crippen LogP contribution is -2.47. The fraction of sp³-hybridized carbons (Fsp3) is 0.455. The van der Waals surface area contributed by atoms with Crippen LogP contribution in [0.4, 0.5) is 5.82 Å². The molecule has 1 aliphatic rings. The van der Waals surface area contributed by atoms with E-state index >= 15 is 0 Å². The molecule has 4 rings (SSSR count). The van der Waals surface area contributed by atoms with Crippen LogP contribution < -0.4 is 5.32 Å². The molecule has 0 saturated carbocycles. The van der Waals surface area contributed by atoms with E-state index in [2.05, 4.69) is 84.5 Å². The molecule has 5 nitrogen and oxygen atoms in total. The predicted molar refractivity (Wildman–Crippen MR) is 127 cm³/mol. The Balaban J connectivity index is 1.44. The maximum absolute atomic E-state index is 4.58. The van der Waals surface area contributed by atoms with E-state index in [0.717, 1.165) is 40.1 Å². The summed E-state index contributed by atoms with van der Waals surface area (Å²) in [5.41, 5.74) is 2.39. The predicted octanol–water partition coefficient (Wildman–Crippen LogP) is 4.81.